The van der Waals surface area contributed by atoms with Crippen molar-refractivity contribution in [2.75, 3.05) is 0 Å². The van der Waals surface area contributed by atoms with Crippen LogP contribution in [0.25, 0.3) is 0 Å². The van der Waals surface area contributed by atoms with Gasteiger partial charge in [-0.15, -0.1) is 0 Å². The molecule has 0 bridgehead atoms. The number of hydrogen-bond acceptors (Lipinski definition) is 3. The molecule has 0 aliphatic carbocycles. The zero-order chi connectivity index (χ0) is 18.4. The highest BCUT2D eigenvalue weighted by atomic mass is 127. The van der Waals surface area contributed by atoms with Crippen molar-refractivity contribution in [2.45, 2.75) is 19.6 Å². The largest absolute Gasteiger partial charge is 0.489 e. The number of halogens is 3. The monoisotopic (exact) mass is 460 g/mol. The molecule has 2 rings (SSSR count). The van der Waals surface area contributed by atoms with Gasteiger partial charge >= 0.3 is 0 Å². The average molecular weight is 460 g/mol. The van der Waals surface area contributed by atoms with Crippen molar-refractivity contribution in [3.05, 3.63) is 65.2 Å². The lowest BCUT2D eigenvalue weighted by Gasteiger charge is -2.13. The summed E-state index contributed by atoms with van der Waals surface area (Å²) in [6.45, 7) is 1.55. The third-order valence-corrected chi connectivity index (χ3v) is 3.85. The first-order chi connectivity index (χ1) is 11.9. The highest BCUT2D eigenvalue weighted by Crippen LogP contribution is 2.18. The molecule has 132 valence electrons. The molecule has 1 atom stereocenters. The number of amides is 2. The molecule has 0 saturated carbocycles. The van der Waals surface area contributed by atoms with Gasteiger partial charge in [-0.3, -0.25) is 13.1 Å². The van der Waals surface area contributed by atoms with Gasteiger partial charge in [-0.2, -0.15) is 0 Å². The van der Waals surface area contributed by atoms with E-state index in [9.17, 15) is 18.4 Å². The maximum Gasteiger partial charge on any atom is 0.254 e. The summed E-state index contributed by atoms with van der Waals surface area (Å²) >= 11 is 1.65. The molecule has 0 spiro atoms. The van der Waals surface area contributed by atoms with Crippen LogP contribution in [0.5, 0.6) is 5.75 Å². The van der Waals surface area contributed by atoms with Crippen molar-refractivity contribution in [3.63, 3.8) is 0 Å². The second-order valence-electron chi connectivity index (χ2n) is 5.21. The lowest BCUT2D eigenvalue weighted by Crippen LogP contribution is -2.42. The second-order valence-corrected chi connectivity index (χ2v) is 5.75. The molecule has 1 unspecified atom stereocenters. The van der Waals surface area contributed by atoms with Gasteiger partial charge < -0.3 is 10.1 Å². The molecule has 0 saturated heterocycles. The van der Waals surface area contributed by atoms with Crippen LogP contribution in [0.3, 0.4) is 0 Å². The molecule has 0 aromatic heterocycles. The molecule has 2 aromatic carbocycles. The predicted molar refractivity (Wildman–Crippen MR) is 96.2 cm³/mol. The second kappa shape index (κ2) is 8.75. The van der Waals surface area contributed by atoms with Crippen molar-refractivity contribution >= 4 is 34.7 Å². The van der Waals surface area contributed by atoms with Gasteiger partial charge in [0.2, 0.25) is 0 Å². The normalized spacial score (nSPS) is 11.5. The average Bonchev–Trinajstić information content (AvgIpc) is 2.59. The molecule has 2 amide bonds. The van der Waals surface area contributed by atoms with E-state index in [4.69, 9.17) is 4.74 Å². The van der Waals surface area contributed by atoms with Crippen molar-refractivity contribution in [3.8, 4) is 5.75 Å². The minimum absolute atomic E-state index is 0.0651. The molecular formula is C17H15F2IN2O3. The first kappa shape index (κ1) is 19.1. The van der Waals surface area contributed by atoms with Crippen molar-refractivity contribution < 1.29 is 23.1 Å². The zero-order valence-corrected chi connectivity index (χ0v) is 15.3. The van der Waals surface area contributed by atoms with Gasteiger partial charge in [0, 0.05) is 6.07 Å². The third-order valence-electron chi connectivity index (χ3n) is 3.31. The Morgan fingerprint density at radius 1 is 1.20 bits per heavy atom. The standard InChI is InChI=1S/C17H15F2IN2O3/c1-10(16(23)22-20)21-17(24)14-6-5-13(8-15(14)19)25-9-11-3-2-4-12(18)7-11/h2-8,10H,9H2,1H3,(H,21,24)(H,22,23). The van der Waals surface area contributed by atoms with Crippen LogP contribution in [0.15, 0.2) is 42.5 Å². The van der Waals surface area contributed by atoms with Gasteiger partial charge in [-0.1, -0.05) is 12.1 Å². The van der Waals surface area contributed by atoms with E-state index in [0.29, 0.717) is 5.56 Å². The summed E-state index contributed by atoms with van der Waals surface area (Å²) in [5.41, 5.74) is 0.395. The number of nitrogens with one attached hydrogen (secondary N) is 2. The summed E-state index contributed by atoms with van der Waals surface area (Å²) in [7, 11) is 0. The molecule has 0 radical (unpaired) electrons. The highest BCUT2D eigenvalue weighted by Gasteiger charge is 2.18. The van der Waals surface area contributed by atoms with Crippen LogP contribution in [0.1, 0.15) is 22.8 Å². The summed E-state index contributed by atoms with van der Waals surface area (Å²) in [4.78, 5) is 23.4. The van der Waals surface area contributed by atoms with Crippen LogP contribution in [0.4, 0.5) is 8.78 Å². The number of rotatable bonds is 6. The molecule has 0 aliphatic rings. The quantitative estimate of drug-likeness (QED) is 0.515. The Hall–Kier alpha value is -2.23. The fraction of sp³-hybridized carbons (Fsp3) is 0.176. The summed E-state index contributed by atoms with van der Waals surface area (Å²) in [5.74, 6) is -2.07. The van der Waals surface area contributed by atoms with Gasteiger partial charge in [0.05, 0.1) is 28.4 Å². The van der Waals surface area contributed by atoms with Gasteiger partial charge in [-0.05, 0) is 36.8 Å². The van der Waals surface area contributed by atoms with E-state index in [1.807, 2.05) is 0 Å². The molecule has 5 nitrogen and oxygen atoms in total. The smallest absolute Gasteiger partial charge is 0.254 e. The molecule has 2 N–H and O–H groups in total. The molecule has 8 heteroatoms. The fourth-order valence-corrected chi connectivity index (χ4v) is 2.45. The Kier molecular flexibility index (Phi) is 6.68. The van der Waals surface area contributed by atoms with E-state index in [2.05, 4.69) is 8.85 Å². The Morgan fingerprint density at radius 3 is 2.60 bits per heavy atom. The lowest BCUT2D eigenvalue weighted by molar-refractivity contribution is -0.120. The number of carbonyl (C=O) groups excluding carboxylic acids is 2. The van der Waals surface area contributed by atoms with Crippen LogP contribution >= 0.6 is 22.9 Å². The van der Waals surface area contributed by atoms with Crippen LogP contribution < -0.4 is 13.6 Å². The van der Waals surface area contributed by atoms with Gasteiger partial charge in [0.1, 0.15) is 30.0 Å². The number of ether oxygens (including phenoxy) is 1. The van der Waals surface area contributed by atoms with E-state index in [1.165, 1.54) is 31.2 Å². The Bertz CT molecular complexity index is 786. The summed E-state index contributed by atoms with van der Waals surface area (Å²) in [6.07, 6.45) is 0. The Labute approximate surface area is 157 Å². The maximum absolute atomic E-state index is 14.1. The highest BCUT2D eigenvalue weighted by molar-refractivity contribution is 14.1. The first-order valence-corrected chi connectivity index (χ1v) is 8.36. The van der Waals surface area contributed by atoms with Crippen LogP contribution in [0.2, 0.25) is 0 Å². The van der Waals surface area contributed by atoms with E-state index in [1.54, 1.807) is 35.0 Å². The van der Waals surface area contributed by atoms with Crippen LogP contribution in [-0.4, -0.2) is 17.9 Å². The maximum atomic E-state index is 14.1. The molecule has 0 fully saturated rings. The van der Waals surface area contributed by atoms with E-state index in [-0.39, 0.29) is 23.7 Å². The number of hydrogen-bond donors (Lipinski definition) is 2. The van der Waals surface area contributed by atoms with E-state index >= 15 is 0 Å². The summed E-state index contributed by atoms with van der Waals surface area (Å²) in [5, 5.41) is 2.39. The van der Waals surface area contributed by atoms with Crippen LogP contribution in [-0.2, 0) is 11.4 Å². The SMILES string of the molecule is CC(NC(=O)c1ccc(OCc2cccc(F)c2)cc1F)C(=O)NI. The van der Waals surface area contributed by atoms with Crippen molar-refractivity contribution in [2.24, 2.45) is 0 Å². The van der Waals surface area contributed by atoms with Gasteiger partial charge in [-0.25, -0.2) is 8.78 Å². The first-order valence-electron chi connectivity index (χ1n) is 7.29. The minimum Gasteiger partial charge on any atom is -0.489 e. The van der Waals surface area contributed by atoms with Crippen molar-refractivity contribution in [1.82, 2.24) is 8.85 Å². The van der Waals surface area contributed by atoms with E-state index < -0.39 is 23.7 Å². The predicted octanol–water partition coefficient (Wildman–Crippen LogP) is 3.13. The minimum atomic E-state index is -0.798. The lowest BCUT2D eigenvalue weighted by atomic mass is 10.1. The zero-order valence-electron chi connectivity index (χ0n) is 13.2. The van der Waals surface area contributed by atoms with Gasteiger partial charge in [0.25, 0.3) is 11.8 Å². The van der Waals surface area contributed by atoms with E-state index in [0.717, 1.165) is 6.07 Å². The number of benzene rings is 2. The molecule has 0 aliphatic heterocycles. The third kappa shape index (κ3) is 5.38. The number of carbonyl (C=O) groups is 2. The van der Waals surface area contributed by atoms with Crippen LogP contribution in [0, 0.1) is 11.6 Å². The molecule has 2 aromatic rings. The summed E-state index contributed by atoms with van der Waals surface area (Å²) in [6, 6.07) is 8.83. The van der Waals surface area contributed by atoms with Gasteiger partial charge in [0.15, 0.2) is 0 Å². The molecule has 0 heterocycles. The summed E-state index contributed by atoms with van der Waals surface area (Å²) < 4.78 is 35.0. The fourth-order valence-electron chi connectivity index (χ4n) is 1.98. The van der Waals surface area contributed by atoms with Crippen molar-refractivity contribution in [1.29, 1.82) is 0 Å². The molecular weight excluding hydrogens is 445 g/mol. The Morgan fingerprint density at radius 2 is 1.96 bits per heavy atom. The topological polar surface area (TPSA) is 67.4 Å². The Balaban J connectivity index is 2.02. The molecule has 25 heavy (non-hydrogen) atoms.